The van der Waals surface area contributed by atoms with E-state index in [2.05, 4.69) is 10.6 Å². The Morgan fingerprint density at radius 2 is 2.00 bits per heavy atom. The smallest absolute Gasteiger partial charge is 0.407 e. The van der Waals surface area contributed by atoms with Gasteiger partial charge in [0.25, 0.3) is 0 Å². The number of alkyl carbamates (subject to hydrolysis) is 1. The fraction of sp³-hybridized carbons (Fsp3) is 0.619. The van der Waals surface area contributed by atoms with Crippen LogP contribution >= 0.6 is 0 Å². The number of amides is 1. The van der Waals surface area contributed by atoms with Crippen molar-refractivity contribution in [1.82, 2.24) is 5.32 Å². The molecule has 160 valence electrons. The van der Waals surface area contributed by atoms with E-state index in [0.29, 0.717) is 36.6 Å². The molecule has 1 aliphatic carbocycles. The van der Waals surface area contributed by atoms with Gasteiger partial charge in [-0.05, 0) is 64.5 Å². The zero-order valence-electron chi connectivity index (χ0n) is 17.5. The number of anilines is 2. The van der Waals surface area contributed by atoms with Gasteiger partial charge in [-0.25, -0.2) is 14.0 Å². The number of benzene rings is 1. The highest BCUT2D eigenvalue weighted by atomic mass is 19.1. The van der Waals surface area contributed by atoms with Crippen LogP contribution < -0.4 is 15.5 Å². The number of carbonyl (C=O) groups excluding carboxylic acids is 1. The van der Waals surface area contributed by atoms with Crippen molar-refractivity contribution in [3.8, 4) is 0 Å². The minimum absolute atomic E-state index is 0.0296. The van der Waals surface area contributed by atoms with E-state index in [0.717, 1.165) is 25.3 Å². The Morgan fingerprint density at radius 3 is 2.59 bits per heavy atom. The molecule has 2 fully saturated rings. The Bertz CT molecular complexity index is 802. The van der Waals surface area contributed by atoms with E-state index >= 15 is 0 Å². The highest BCUT2D eigenvalue weighted by molar-refractivity contribution is 5.97. The van der Waals surface area contributed by atoms with Crippen molar-refractivity contribution in [1.29, 1.82) is 0 Å². The Morgan fingerprint density at radius 1 is 1.31 bits per heavy atom. The summed E-state index contributed by atoms with van der Waals surface area (Å²) in [6.45, 7) is 8.88. The lowest BCUT2D eigenvalue weighted by Gasteiger charge is -2.25. The molecule has 3 rings (SSSR count). The van der Waals surface area contributed by atoms with Crippen molar-refractivity contribution >= 4 is 23.4 Å². The minimum Gasteiger partial charge on any atom is -0.478 e. The second-order valence-corrected chi connectivity index (χ2v) is 8.96. The molecule has 1 saturated carbocycles. The second-order valence-electron chi connectivity index (χ2n) is 8.96. The van der Waals surface area contributed by atoms with Crippen molar-refractivity contribution in [2.24, 2.45) is 5.92 Å². The van der Waals surface area contributed by atoms with Crippen LogP contribution in [0, 0.1) is 18.7 Å². The number of halogens is 1. The second kappa shape index (κ2) is 8.08. The summed E-state index contributed by atoms with van der Waals surface area (Å²) < 4.78 is 20.1. The van der Waals surface area contributed by atoms with Crippen LogP contribution in [0.3, 0.4) is 0 Å². The van der Waals surface area contributed by atoms with Crippen LogP contribution in [0.1, 0.15) is 56.0 Å². The van der Waals surface area contributed by atoms with E-state index in [4.69, 9.17) is 4.74 Å². The van der Waals surface area contributed by atoms with Crippen molar-refractivity contribution < 1.29 is 23.8 Å². The number of nitrogens with one attached hydrogen (secondary N) is 2. The first-order chi connectivity index (χ1) is 13.5. The molecule has 0 bridgehead atoms. The number of hydrogen-bond donors (Lipinski definition) is 3. The van der Waals surface area contributed by atoms with Gasteiger partial charge in [-0.2, -0.15) is 0 Å². The number of rotatable bonds is 6. The summed E-state index contributed by atoms with van der Waals surface area (Å²) in [6, 6.07) is 1.37. The standard InChI is InChI=1S/C21H30FN3O4/c1-12-17(24-14-5-6-14)15(19(26)27)9-16(22)18(12)25-8-7-13(11-25)10-23-20(28)29-21(2,3)4/h9,13-14,24H,5-8,10-11H2,1-4H3,(H,23,28)(H,26,27). The van der Waals surface area contributed by atoms with Gasteiger partial charge in [0.15, 0.2) is 0 Å². The lowest BCUT2D eigenvalue weighted by atomic mass is 10.0. The Hall–Kier alpha value is -2.51. The van der Waals surface area contributed by atoms with Crippen molar-refractivity contribution in [3.63, 3.8) is 0 Å². The fourth-order valence-corrected chi connectivity index (χ4v) is 3.69. The predicted octanol–water partition coefficient (Wildman–Crippen LogP) is 3.76. The van der Waals surface area contributed by atoms with Crippen LogP contribution in [-0.4, -0.2) is 48.4 Å². The largest absolute Gasteiger partial charge is 0.478 e. The van der Waals surface area contributed by atoms with Gasteiger partial charge in [0.2, 0.25) is 0 Å². The van der Waals surface area contributed by atoms with E-state index in [9.17, 15) is 19.1 Å². The number of carbonyl (C=O) groups is 2. The molecule has 3 N–H and O–H groups in total. The van der Waals surface area contributed by atoms with Gasteiger partial charge in [0.05, 0.1) is 16.9 Å². The number of aromatic carboxylic acids is 1. The molecule has 0 aromatic heterocycles. The Kier molecular flexibility index (Phi) is 5.91. The zero-order valence-corrected chi connectivity index (χ0v) is 17.5. The number of hydrogen-bond acceptors (Lipinski definition) is 5. The summed E-state index contributed by atoms with van der Waals surface area (Å²) in [5, 5.41) is 15.5. The third-order valence-corrected chi connectivity index (χ3v) is 5.19. The minimum atomic E-state index is -1.14. The molecule has 1 unspecified atom stereocenters. The SMILES string of the molecule is Cc1c(NC2CC2)c(C(=O)O)cc(F)c1N1CCC(CNC(=O)OC(C)(C)C)C1. The maximum absolute atomic E-state index is 14.9. The van der Waals surface area contributed by atoms with Crippen molar-refractivity contribution in [2.45, 2.75) is 58.6 Å². The average molecular weight is 407 g/mol. The summed E-state index contributed by atoms with van der Waals surface area (Å²) in [5.74, 6) is -1.50. The van der Waals surface area contributed by atoms with E-state index in [1.165, 1.54) is 0 Å². The van der Waals surface area contributed by atoms with E-state index in [1.807, 2.05) is 25.7 Å². The molecule has 1 atom stereocenters. The molecule has 1 amide bonds. The topological polar surface area (TPSA) is 90.9 Å². The van der Waals surface area contributed by atoms with Crippen molar-refractivity contribution in [3.05, 3.63) is 23.0 Å². The molecule has 2 aliphatic rings. The average Bonchev–Trinajstić information content (AvgIpc) is 3.30. The first-order valence-electron chi connectivity index (χ1n) is 10.1. The van der Waals surface area contributed by atoms with Crippen LogP contribution in [0.25, 0.3) is 0 Å². The summed E-state index contributed by atoms with van der Waals surface area (Å²) in [4.78, 5) is 25.4. The highest BCUT2D eigenvalue weighted by Crippen LogP contribution is 2.38. The molecule has 1 aromatic rings. The summed E-state index contributed by atoms with van der Waals surface area (Å²) in [6.07, 6.45) is 2.33. The molecule has 1 saturated heterocycles. The Balaban J connectivity index is 1.71. The van der Waals surface area contributed by atoms with Crippen LogP contribution in [0.15, 0.2) is 6.07 Å². The van der Waals surface area contributed by atoms with Gasteiger partial charge in [-0.3, -0.25) is 0 Å². The lowest BCUT2D eigenvalue weighted by Crippen LogP contribution is -2.36. The monoisotopic (exact) mass is 407 g/mol. The quantitative estimate of drug-likeness (QED) is 0.665. The first-order valence-corrected chi connectivity index (χ1v) is 10.1. The summed E-state index contributed by atoms with van der Waals surface area (Å²) >= 11 is 0. The van der Waals surface area contributed by atoms with Crippen LogP contribution in [0.2, 0.25) is 0 Å². The van der Waals surface area contributed by atoms with Crippen LogP contribution in [0.5, 0.6) is 0 Å². The molecular formula is C21H30FN3O4. The van der Waals surface area contributed by atoms with Crippen molar-refractivity contribution in [2.75, 3.05) is 29.9 Å². The van der Waals surface area contributed by atoms with Gasteiger partial charge in [-0.15, -0.1) is 0 Å². The number of carboxylic acids is 1. The first kappa shape index (κ1) is 21.2. The van der Waals surface area contributed by atoms with Crippen LogP contribution in [-0.2, 0) is 4.74 Å². The molecule has 0 spiro atoms. The molecule has 1 heterocycles. The molecular weight excluding hydrogens is 377 g/mol. The molecule has 8 heteroatoms. The molecule has 1 aliphatic heterocycles. The van der Waals surface area contributed by atoms with Crippen LogP contribution in [0.4, 0.5) is 20.6 Å². The molecule has 29 heavy (non-hydrogen) atoms. The van der Waals surface area contributed by atoms with E-state index < -0.39 is 23.5 Å². The zero-order chi connectivity index (χ0) is 21.3. The molecule has 0 radical (unpaired) electrons. The predicted molar refractivity (Wildman–Crippen MR) is 109 cm³/mol. The fourth-order valence-electron chi connectivity index (χ4n) is 3.69. The Labute approximate surface area is 170 Å². The number of carboxylic acid groups (broad SMARTS) is 1. The van der Waals surface area contributed by atoms with Gasteiger partial charge in [0.1, 0.15) is 11.4 Å². The molecule has 7 nitrogen and oxygen atoms in total. The van der Waals surface area contributed by atoms with E-state index in [1.54, 1.807) is 6.92 Å². The third-order valence-electron chi connectivity index (χ3n) is 5.19. The van der Waals surface area contributed by atoms with Gasteiger partial charge in [0, 0.05) is 25.7 Å². The maximum Gasteiger partial charge on any atom is 0.407 e. The summed E-state index contributed by atoms with van der Waals surface area (Å²) in [5.41, 5.74) is 0.987. The van der Waals surface area contributed by atoms with Gasteiger partial charge < -0.3 is 25.4 Å². The summed E-state index contributed by atoms with van der Waals surface area (Å²) in [7, 11) is 0. The normalized spacial score (nSPS) is 19.2. The lowest BCUT2D eigenvalue weighted by molar-refractivity contribution is 0.0520. The van der Waals surface area contributed by atoms with Gasteiger partial charge >= 0.3 is 12.1 Å². The highest BCUT2D eigenvalue weighted by Gasteiger charge is 2.31. The third kappa shape index (κ3) is 5.31. The maximum atomic E-state index is 14.9. The number of nitrogens with zero attached hydrogens (tertiary/aromatic N) is 1. The van der Waals surface area contributed by atoms with E-state index in [-0.39, 0.29) is 17.5 Å². The number of ether oxygens (including phenoxy) is 1. The van der Waals surface area contributed by atoms with Gasteiger partial charge in [-0.1, -0.05) is 0 Å². The molecule has 1 aromatic carbocycles.